The van der Waals surface area contributed by atoms with Crippen LogP contribution in [0.15, 0.2) is 30.5 Å². The number of rotatable bonds is 7. The molecule has 0 saturated carbocycles. The van der Waals surface area contributed by atoms with Crippen LogP contribution in [0.4, 0.5) is 4.39 Å². The Morgan fingerprint density at radius 2 is 2.00 bits per heavy atom. The summed E-state index contributed by atoms with van der Waals surface area (Å²) in [6, 6.07) is 6.62. The lowest BCUT2D eigenvalue weighted by molar-refractivity contribution is -0.138. The lowest BCUT2D eigenvalue weighted by Crippen LogP contribution is -2.43. The maximum absolute atomic E-state index is 13.6. The molecule has 1 saturated heterocycles. The molecular weight excluding hydrogens is 427 g/mol. The van der Waals surface area contributed by atoms with Gasteiger partial charge < -0.3 is 19.1 Å². The van der Waals surface area contributed by atoms with Crippen molar-refractivity contribution in [3.05, 3.63) is 53.2 Å². The number of aromatic nitrogens is 3. The summed E-state index contributed by atoms with van der Waals surface area (Å²) in [6.45, 7) is 7.59. The van der Waals surface area contributed by atoms with Crippen LogP contribution < -0.4 is 9.47 Å². The molecular formula is C24H27FN4O4. The van der Waals surface area contributed by atoms with E-state index in [1.165, 1.54) is 12.1 Å². The molecule has 1 fully saturated rings. The maximum atomic E-state index is 13.6. The van der Waals surface area contributed by atoms with Crippen LogP contribution in [0.3, 0.4) is 0 Å². The van der Waals surface area contributed by atoms with Crippen LogP contribution in [-0.2, 0) is 16.0 Å². The number of amides is 1. The van der Waals surface area contributed by atoms with E-state index in [1.54, 1.807) is 17.2 Å². The molecule has 4 rings (SSSR count). The van der Waals surface area contributed by atoms with E-state index in [0.717, 1.165) is 10.8 Å². The van der Waals surface area contributed by atoms with Crippen molar-refractivity contribution < 1.29 is 23.4 Å². The van der Waals surface area contributed by atoms with Gasteiger partial charge in [-0.3, -0.25) is 9.78 Å². The summed E-state index contributed by atoms with van der Waals surface area (Å²) in [5.41, 5.74) is 1.96. The number of aryl methyl sites for hydroxylation is 1. The minimum atomic E-state index is -0.389. The number of ether oxygens (including phenoxy) is 3. The average Bonchev–Trinajstić information content (AvgIpc) is 2.81. The number of halogens is 1. The van der Waals surface area contributed by atoms with Gasteiger partial charge in [-0.15, -0.1) is 0 Å². The Bertz CT molecular complexity index is 1160. The molecule has 174 valence electrons. The number of pyridine rings is 1. The minimum absolute atomic E-state index is 0.0769. The van der Waals surface area contributed by atoms with Crippen molar-refractivity contribution in [3.8, 4) is 11.9 Å². The first kappa shape index (κ1) is 22.8. The highest BCUT2D eigenvalue weighted by atomic mass is 19.1. The van der Waals surface area contributed by atoms with Gasteiger partial charge in [0.1, 0.15) is 11.9 Å². The zero-order valence-electron chi connectivity index (χ0n) is 19.0. The number of morpholine rings is 1. The molecule has 1 aromatic carbocycles. The molecule has 1 amide bonds. The Morgan fingerprint density at radius 3 is 2.79 bits per heavy atom. The second-order valence-corrected chi connectivity index (χ2v) is 7.72. The third kappa shape index (κ3) is 5.19. The van der Waals surface area contributed by atoms with E-state index < -0.39 is 0 Å². The highest BCUT2D eigenvalue weighted by Crippen LogP contribution is 2.27. The Hall–Kier alpha value is -3.33. The van der Waals surface area contributed by atoms with Gasteiger partial charge in [-0.25, -0.2) is 9.37 Å². The SMILES string of the molecule is CCOc1nc(C)c(CC(=O)N2CCOC(c3cc4cc(F)ccc4cn3)C2)c(OCC)n1. The summed E-state index contributed by atoms with van der Waals surface area (Å²) in [7, 11) is 0. The number of benzene rings is 1. The quantitative estimate of drug-likeness (QED) is 0.541. The van der Waals surface area contributed by atoms with E-state index in [0.29, 0.717) is 55.7 Å². The molecule has 0 spiro atoms. The van der Waals surface area contributed by atoms with Gasteiger partial charge in [-0.05, 0) is 50.4 Å². The summed E-state index contributed by atoms with van der Waals surface area (Å²) >= 11 is 0. The van der Waals surface area contributed by atoms with Gasteiger partial charge in [-0.1, -0.05) is 0 Å². The lowest BCUT2D eigenvalue weighted by atomic mass is 10.1. The van der Waals surface area contributed by atoms with Gasteiger partial charge in [0.15, 0.2) is 0 Å². The van der Waals surface area contributed by atoms with Crippen molar-refractivity contribution in [2.75, 3.05) is 32.9 Å². The van der Waals surface area contributed by atoms with E-state index in [4.69, 9.17) is 14.2 Å². The largest absolute Gasteiger partial charge is 0.478 e. The molecule has 33 heavy (non-hydrogen) atoms. The fourth-order valence-electron chi connectivity index (χ4n) is 3.82. The average molecular weight is 455 g/mol. The van der Waals surface area contributed by atoms with Crippen LogP contribution in [0.2, 0.25) is 0 Å². The molecule has 1 aliphatic heterocycles. The molecule has 8 nitrogen and oxygen atoms in total. The molecule has 2 aromatic heterocycles. The smallest absolute Gasteiger partial charge is 0.319 e. The van der Waals surface area contributed by atoms with Crippen molar-refractivity contribution >= 4 is 16.7 Å². The van der Waals surface area contributed by atoms with Crippen molar-refractivity contribution in [2.45, 2.75) is 33.3 Å². The molecule has 1 atom stereocenters. The van der Waals surface area contributed by atoms with Gasteiger partial charge >= 0.3 is 6.01 Å². The van der Waals surface area contributed by atoms with Crippen LogP contribution in [0, 0.1) is 12.7 Å². The van der Waals surface area contributed by atoms with Crippen LogP contribution in [0.1, 0.15) is 36.9 Å². The van der Waals surface area contributed by atoms with Gasteiger partial charge in [0.2, 0.25) is 11.8 Å². The summed E-state index contributed by atoms with van der Waals surface area (Å²) in [5.74, 6) is -0.0177. The zero-order chi connectivity index (χ0) is 23.4. The van der Waals surface area contributed by atoms with Crippen LogP contribution >= 0.6 is 0 Å². The maximum Gasteiger partial charge on any atom is 0.319 e. The first-order valence-corrected chi connectivity index (χ1v) is 11.1. The standard InChI is InChI=1S/C24H27FN4O4/c1-4-31-23-19(15(3)27-24(28-23)32-5-2)12-22(30)29-8-9-33-21(14-29)20-11-17-10-18(25)7-6-16(17)13-26-20/h6-7,10-11,13,21H,4-5,8-9,12,14H2,1-3H3. The van der Waals surface area contributed by atoms with Crippen LogP contribution in [0.25, 0.3) is 10.8 Å². The monoisotopic (exact) mass is 454 g/mol. The Kier molecular flexibility index (Phi) is 6.98. The number of nitrogens with zero attached hydrogens (tertiary/aromatic N) is 4. The number of carbonyl (C=O) groups excluding carboxylic acids is 1. The molecule has 0 N–H and O–H groups in total. The second kappa shape index (κ2) is 10.1. The lowest BCUT2D eigenvalue weighted by Gasteiger charge is -2.33. The molecule has 9 heteroatoms. The minimum Gasteiger partial charge on any atom is -0.478 e. The molecule has 3 heterocycles. The normalized spacial score (nSPS) is 16.1. The van der Waals surface area contributed by atoms with Gasteiger partial charge in [0.25, 0.3) is 0 Å². The predicted octanol–water partition coefficient (Wildman–Crippen LogP) is 3.41. The van der Waals surface area contributed by atoms with Gasteiger partial charge in [0, 0.05) is 23.7 Å². The first-order chi connectivity index (χ1) is 16.0. The molecule has 0 aliphatic carbocycles. The Balaban J connectivity index is 1.51. The topological polar surface area (TPSA) is 86.7 Å². The van der Waals surface area contributed by atoms with Crippen LogP contribution in [0.5, 0.6) is 11.9 Å². The molecule has 0 bridgehead atoms. The predicted molar refractivity (Wildman–Crippen MR) is 120 cm³/mol. The summed E-state index contributed by atoms with van der Waals surface area (Å²) in [5, 5.41) is 1.59. The number of hydrogen-bond donors (Lipinski definition) is 0. The van der Waals surface area contributed by atoms with Crippen molar-refractivity contribution in [2.24, 2.45) is 0 Å². The fraction of sp³-hybridized carbons (Fsp3) is 0.417. The van der Waals surface area contributed by atoms with Crippen molar-refractivity contribution in [1.29, 1.82) is 0 Å². The van der Waals surface area contributed by atoms with Crippen LogP contribution in [-0.4, -0.2) is 58.7 Å². The third-order valence-corrected chi connectivity index (χ3v) is 5.49. The highest BCUT2D eigenvalue weighted by molar-refractivity contribution is 5.82. The summed E-state index contributed by atoms with van der Waals surface area (Å²) in [6.07, 6.45) is 1.42. The number of hydrogen-bond acceptors (Lipinski definition) is 7. The van der Waals surface area contributed by atoms with E-state index in [-0.39, 0.29) is 30.3 Å². The molecule has 1 aliphatic rings. The number of carbonyl (C=O) groups is 1. The molecule has 0 radical (unpaired) electrons. The zero-order valence-corrected chi connectivity index (χ0v) is 19.0. The molecule has 1 unspecified atom stereocenters. The molecule has 3 aromatic rings. The van der Waals surface area contributed by atoms with Gasteiger partial charge in [-0.2, -0.15) is 4.98 Å². The second-order valence-electron chi connectivity index (χ2n) is 7.72. The van der Waals surface area contributed by atoms with E-state index in [2.05, 4.69) is 15.0 Å². The highest BCUT2D eigenvalue weighted by Gasteiger charge is 2.28. The third-order valence-electron chi connectivity index (χ3n) is 5.49. The number of fused-ring (bicyclic) bond motifs is 1. The van der Waals surface area contributed by atoms with Crippen molar-refractivity contribution in [1.82, 2.24) is 19.9 Å². The Labute approximate surface area is 191 Å². The van der Waals surface area contributed by atoms with Crippen molar-refractivity contribution in [3.63, 3.8) is 0 Å². The summed E-state index contributed by atoms with van der Waals surface area (Å²) in [4.78, 5) is 28.1. The first-order valence-electron chi connectivity index (χ1n) is 11.1. The Morgan fingerprint density at radius 1 is 1.18 bits per heavy atom. The van der Waals surface area contributed by atoms with E-state index in [1.807, 2.05) is 26.8 Å². The van der Waals surface area contributed by atoms with Gasteiger partial charge in [0.05, 0.1) is 44.2 Å². The van der Waals surface area contributed by atoms with E-state index >= 15 is 0 Å². The summed E-state index contributed by atoms with van der Waals surface area (Å²) < 4.78 is 30.6. The van der Waals surface area contributed by atoms with E-state index in [9.17, 15) is 9.18 Å². The fourth-order valence-corrected chi connectivity index (χ4v) is 3.82.